The maximum Gasteiger partial charge on any atom is 0.128 e. The van der Waals surface area contributed by atoms with Crippen LogP contribution in [0.4, 0.5) is 0 Å². The van der Waals surface area contributed by atoms with Gasteiger partial charge in [-0.25, -0.2) is 0 Å². The third-order valence-electron chi connectivity index (χ3n) is 3.18. The summed E-state index contributed by atoms with van der Waals surface area (Å²) >= 11 is 5.89. The van der Waals surface area contributed by atoms with E-state index in [-0.39, 0.29) is 6.10 Å². The van der Waals surface area contributed by atoms with E-state index in [2.05, 4.69) is 0 Å². The number of hydrogen-bond acceptors (Lipinski definition) is 2. The summed E-state index contributed by atoms with van der Waals surface area (Å²) in [5.74, 6) is 1.81. The van der Waals surface area contributed by atoms with E-state index in [1.807, 2.05) is 42.5 Å². The van der Waals surface area contributed by atoms with Crippen LogP contribution in [0.15, 0.2) is 42.5 Å². The van der Waals surface area contributed by atoms with Gasteiger partial charge in [0.25, 0.3) is 0 Å². The zero-order valence-electron chi connectivity index (χ0n) is 10.0. The Kier molecular flexibility index (Phi) is 2.88. The Hall–Kier alpha value is -1.67. The van der Waals surface area contributed by atoms with Gasteiger partial charge in [-0.1, -0.05) is 23.7 Å². The Balaban J connectivity index is 1.86. The van der Waals surface area contributed by atoms with Crippen LogP contribution in [0.5, 0.6) is 11.5 Å². The number of fused-ring (bicyclic) bond motifs is 1. The van der Waals surface area contributed by atoms with Crippen molar-refractivity contribution >= 4 is 11.6 Å². The first-order valence-corrected chi connectivity index (χ1v) is 6.23. The fraction of sp³-hybridized carbons (Fsp3) is 0.200. The number of hydrogen-bond donors (Lipinski definition) is 0. The molecule has 0 aromatic heterocycles. The van der Waals surface area contributed by atoms with Gasteiger partial charge in [0.2, 0.25) is 0 Å². The third kappa shape index (κ3) is 2.04. The van der Waals surface area contributed by atoms with Crippen molar-refractivity contribution in [2.24, 2.45) is 0 Å². The van der Waals surface area contributed by atoms with E-state index < -0.39 is 0 Å². The van der Waals surface area contributed by atoms with Crippen molar-refractivity contribution in [1.29, 1.82) is 0 Å². The predicted molar refractivity (Wildman–Crippen MR) is 71.5 cm³/mol. The zero-order chi connectivity index (χ0) is 12.5. The molecule has 18 heavy (non-hydrogen) atoms. The minimum Gasteiger partial charge on any atom is -0.497 e. The molecule has 0 radical (unpaired) electrons. The van der Waals surface area contributed by atoms with Crippen molar-refractivity contribution in [1.82, 2.24) is 0 Å². The van der Waals surface area contributed by atoms with Gasteiger partial charge in [-0.2, -0.15) is 0 Å². The summed E-state index contributed by atoms with van der Waals surface area (Å²) in [5, 5.41) is 0.746. The second kappa shape index (κ2) is 4.54. The van der Waals surface area contributed by atoms with Gasteiger partial charge in [0.1, 0.15) is 17.6 Å². The summed E-state index contributed by atoms with van der Waals surface area (Å²) in [7, 11) is 1.67. The minimum absolute atomic E-state index is 0.0735. The summed E-state index contributed by atoms with van der Waals surface area (Å²) < 4.78 is 11.2. The molecule has 0 amide bonds. The van der Waals surface area contributed by atoms with E-state index in [1.54, 1.807) is 7.11 Å². The van der Waals surface area contributed by atoms with Crippen molar-refractivity contribution in [2.45, 2.75) is 12.5 Å². The zero-order valence-corrected chi connectivity index (χ0v) is 10.8. The number of halogens is 1. The van der Waals surface area contributed by atoms with Crippen molar-refractivity contribution < 1.29 is 9.47 Å². The number of methoxy groups -OCH3 is 1. The highest BCUT2D eigenvalue weighted by Gasteiger charge is 2.24. The Labute approximate surface area is 111 Å². The Morgan fingerprint density at radius 2 is 1.94 bits per heavy atom. The fourth-order valence-corrected chi connectivity index (χ4v) is 2.34. The maximum absolute atomic E-state index is 5.93. The molecule has 1 aliphatic heterocycles. The first-order chi connectivity index (χ1) is 8.76. The molecule has 0 fully saturated rings. The summed E-state index contributed by atoms with van der Waals surface area (Å²) in [5.41, 5.74) is 2.34. The molecule has 3 heteroatoms. The van der Waals surface area contributed by atoms with Crippen LogP contribution in [0, 0.1) is 0 Å². The molecule has 0 aliphatic carbocycles. The molecule has 0 spiro atoms. The molecule has 0 saturated carbocycles. The van der Waals surface area contributed by atoms with Crippen molar-refractivity contribution in [3.05, 3.63) is 58.6 Å². The lowest BCUT2D eigenvalue weighted by Crippen LogP contribution is -2.02. The quantitative estimate of drug-likeness (QED) is 0.812. The molecule has 92 valence electrons. The topological polar surface area (TPSA) is 18.5 Å². The van der Waals surface area contributed by atoms with Gasteiger partial charge in [0, 0.05) is 17.0 Å². The summed E-state index contributed by atoms with van der Waals surface area (Å²) in [6, 6.07) is 13.7. The van der Waals surface area contributed by atoms with E-state index in [0.29, 0.717) is 0 Å². The molecule has 1 heterocycles. The molecule has 1 unspecified atom stereocenters. The SMILES string of the molecule is COc1ccc2c(c1)CC(c1ccc(Cl)cc1)O2. The second-order valence-electron chi connectivity index (χ2n) is 4.34. The monoisotopic (exact) mass is 260 g/mol. The van der Waals surface area contributed by atoms with Crippen molar-refractivity contribution in [2.75, 3.05) is 7.11 Å². The first-order valence-electron chi connectivity index (χ1n) is 5.85. The minimum atomic E-state index is 0.0735. The average molecular weight is 261 g/mol. The third-order valence-corrected chi connectivity index (χ3v) is 3.44. The van der Waals surface area contributed by atoms with Gasteiger partial charge in [-0.3, -0.25) is 0 Å². The van der Waals surface area contributed by atoms with Crippen LogP contribution in [0.1, 0.15) is 17.2 Å². The molecule has 2 aromatic carbocycles. The second-order valence-corrected chi connectivity index (χ2v) is 4.77. The normalized spacial score (nSPS) is 17.1. The van der Waals surface area contributed by atoms with E-state index in [4.69, 9.17) is 21.1 Å². The van der Waals surface area contributed by atoms with E-state index in [9.17, 15) is 0 Å². The Morgan fingerprint density at radius 3 is 2.67 bits per heavy atom. The number of rotatable bonds is 2. The Bertz CT molecular complexity index is 563. The molecule has 2 aromatic rings. The predicted octanol–water partition coefficient (Wildman–Crippen LogP) is 4.02. The van der Waals surface area contributed by atoms with Crippen molar-refractivity contribution in [3.63, 3.8) is 0 Å². The molecule has 0 bridgehead atoms. The lowest BCUT2D eigenvalue weighted by molar-refractivity contribution is 0.238. The van der Waals surface area contributed by atoms with E-state index in [1.165, 1.54) is 5.56 Å². The Morgan fingerprint density at radius 1 is 1.17 bits per heavy atom. The number of ether oxygens (including phenoxy) is 2. The van der Waals surface area contributed by atoms with Gasteiger partial charge < -0.3 is 9.47 Å². The summed E-state index contributed by atoms with van der Waals surface area (Å²) in [6.45, 7) is 0. The van der Waals surface area contributed by atoms with Gasteiger partial charge in [0.05, 0.1) is 7.11 Å². The average Bonchev–Trinajstić information content (AvgIpc) is 2.82. The van der Waals surface area contributed by atoms with Gasteiger partial charge in [-0.15, -0.1) is 0 Å². The van der Waals surface area contributed by atoms with Crippen LogP contribution in [-0.2, 0) is 6.42 Å². The lowest BCUT2D eigenvalue weighted by atomic mass is 10.0. The molecule has 0 saturated heterocycles. The largest absolute Gasteiger partial charge is 0.497 e. The van der Waals surface area contributed by atoms with Gasteiger partial charge in [0.15, 0.2) is 0 Å². The standard InChI is InChI=1S/C15H13ClO2/c1-17-13-6-7-14-11(8-13)9-15(18-14)10-2-4-12(16)5-3-10/h2-8,15H,9H2,1H3. The highest BCUT2D eigenvalue weighted by molar-refractivity contribution is 6.30. The van der Waals surface area contributed by atoms with Gasteiger partial charge >= 0.3 is 0 Å². The smallest absolute Gasteiger partial charge is 0.128 e. The van der Waals surface area contributed by atoms with E-state index >= 15 is 0 Å². The highest BCUT2D eigenvalue weighted by Crippen LogP contribution is 2.38. The van der Waals surface area contributed by atoms with Gasteiger partial charge in [-0.05, 0) is 35.9 Å². The molecule has 1 aliphatic rings. The number of benzene rings is 2. The van der Waals surface area contributed by atoms with Crippen LogP contribution < -0.4 is 9.47 Å². The fourth-order valence-electron chi connectivity index (χ4n) is 2.22. The molecule has 1 atom stereocenters. The van der Waals surface area contributed by atoms with Crippen LogP contribution in [0.25, 0.3) is 0 Å². The summed E-state index contributed by atoms with van der Waals surface area (Å²) in [4.78, 5) is 0. The maximum atomic E-state index is 5.93. The molecule has 3 rings (SSSR count). The molecule has 0 N–H and O–H groups in total. The molecular weight excluding hydrogens is 248 g/mol. The lowest BCUT2D eigenvalue weighted by Gasteiger charge is -2.10. The van der Waals surface area contributed by atoms with E-state index in [0.717, 1.165) is 28.5 Å². The first kappa shape index (κ1) is 11.4. The van der Waals surface area contributed by atoms with Crippen LogP contribution >= 0.6 is 11.6 Å². The molecule has 2 nitrogen and oxygen atoms in total. The van der Waals surface area contributed by atoms with Crippen molar-refractivity contribution in [3.8, 4) is 11.5 Å². The van der Waals surface area contributed by atoms with Crippen LogP contribution in [0.2, 0.25) is 5.02 Å². The summed E-state index contributed by atoms with van der Waals surface area (Å²) in [6.07, 6.45) is 0.943. The van der Waals surface area contributed by atoms with Crippen LogP contribution in [-0.4, -0.2) is 7.11 Å². The highest BCUT2D eigenvalue weighted by atomic mass is 35.5. The molecular formula is C15H13ClO2. The van der Waals surface area contributed by atoms with Crippen LogP contribution in [0.3, 0.4) is 0 Å².